The van der Waals surface area contributed by atoms with E-state index in [2.05, 4.69) is 0 Å². The molecule has 19 heavy (non-hydrogen) atoms. The van der Waals surface area contributed by atoms with E-state index in [1.165, 1.54) is 0 Å². The first-order chi connectivity index (χ1) is 9.13. The van der Waals surface area contributed by atoms with Crippen LogP contribution in [-0.4, -0.2) is 44.7 Å². The average Bonchev–Trinajstić information content (AvgIpc) is 2.38. The molecule has 0 saturated heterocycles. The zero-order valence-electron chi connectivity index (χ0n) is 12.9. The maximum Gasteiger partial charge on any atom is 0.157 e. The van der Waals surface area contributed by atoms with Crippen molar-refractivity contribution in [3.63, 3.8) is 0 Å². The van der Waals surface area contributed by atoms with E-state index in [4.69, 9.17) is 24.0 Å². The lowest BCUT2D eigenvalue weighted by molar-refractivity contribution is -0.534. The van der Waals surface area contributed by atoms with Gasteiger partial charge in [-0.1, -0.05) is 6.92 Å². The van der Waals surface area contributed by atoms with Gasteiger partial charge in [0.1, 0.15) is 0 Å². The van der Waals surface area contributed by atoms with Crippen LogP contribution in [0.5, 0.6) is 0 Å². The van der Waals surface area contributed by atoms with Gasteiger partial charge < -0.3 is 9.47 Å². The molecule has 0 aromatic heterocycles. The molecule has 0 aromatic rings. The maximum absolute atomic E-state index is 5.41. The molecule has 116 valence electrons. The summed E-state index contributed by atoms with van der Waals surface area (Å²) < 4.78 is 10.5. The first-order valence-corrected chi connectivity index (χ1v) is 7.01. The topological polar surface area (TPSA) is 49.4 Å². The molecule has 0 heterocycles. The predicted molar refractivity (Wildman–Crippen MR) is 71.9 cm³/mol. The van der Waals surface area contributed by atoms with Crippen molar-refractivity contribution in [3.8, 4) is 0 Å². The van der Waals surface area contributed by atoms with Crippen molar-refractivity contribution < 1.29 is 24.0 Å². The molecular formula is C13H29NO5. The molecule has 0 aromatic carbocycles. The van der Waals surface area contributed by atoms with Crippen LogP contribution < -0.4 is 0 Å². The lowest BCUT2D eigenvalue weighted by Gasteiger charge is -2.22. The van der Waals surface area contributed by atoms with Gasteiger partial charge in [-0.3, -0.25) is 9.68 Å². The third-order valence-corrected chi connectivity index (χ3v) is 2.09. The molecule has 0 N–H and O–H groups in total. The Balaban J connectivity index is 3.77. The van der Waals surface area contributed by atoms with Crippen molar-refractivity contribution in [1.29, 1.82) is 0 Å². The van der Waals surface area contributed by atoms with Crippen LogP contribution in [0.4, 0.5) is 0 Å². The van der Waals surface area contributed by atoms with Crippen molar-refractivity contribution in [1.82, 2.24) is 5.39 Å². The molecule has 1 unspecified atom stereocenters. The molecular weight excluding hydrogens is 250 g/mol. The van der Waals surface area contributed by atoms with Crippen LogP contribution in [0.25, 0.3) is 0 Å². The Hall–Kier alpha value is -0.240. The molecule has 0 aliphatic carbocycles. The van der Waals surface area contributed by atoms with E-state index in [-0.39, 0.29) is 12.4 Å². The summed E-state index contributed by atoms with van der Waals surface area (Å²) in [5.74, 6) is 0. The van der Waals surface area contributed by atoms with Gasteiger partial charge in [-0.25, -0.2) is 4.84 Å². The summed E-state index contributed by atoms with van der Waals surface area (Å²) in [6.45, 7) is 9.50. The highest BCUT2D eigenvalue weighted by molar-refractivity contribution is 4.44. The Morgan fingerprint density at radius 1 is 1.05 bits per heavy atom. The number of ether oxygens (including phenoxy) is 2. The molecule has 0 bridgehead atoms. The molecule has 1 atom stereocenters. The largest absolute Gasteiger partial charge is 0.356 e. The zero-order chi connectivity index (χ0) is 14.5. The second-order valence-corrected chi connectivity index (χ2v) is 4.31. The van der Waals surface area contributed by atoms with Gasteiger partial charge in [0.05, 0.1) is 24.7 Å². The van der Waals surface area contributed by atoms with Crippen LogP contribution >= 0.6 is 0 Å². The van der Waals surface area contributed by atoms with E-state index in [0.29, 0.717) is 19.8 Å². The second kappa shape index (κ2) is 12.8. The van der Waals surface area contributed by atoms with Crippen LogP contribution in [0.1, 0.15) is 47.0 Å². The molecule has 6 heteroatoms. The van der Waals surface area contributed by atoms with Gasteiger partial charge >= 0.3 is 0 Å². The molecule has 0 aliphatic rings. The molecule has 0 spiro atoms. The average molecular weight is 279 g/mol. The highest BCUT2D eigenvalue weighted by Crippen LogP contribution is 2.06. The van der Waals surface area contributed by atoms with Crippen LogP contribution in [0.3, 0.4) is 0 Å². The molecule has 0 amide bonds. The van der Waals surface area contributed by atoms with Crippen molar-refractivity contribution >= 4 is 0 Å². The summed E-state index contributed by atoms with van der Waals surface area (Å²) in [5, 5.41) is 1.11. The van der Waals surface area contributed by atoms with E-state index in [1.54, 1.807) is 7.11 Å². The first kappa shape index (κ1) is 18.8. The van der Waals surface area contributed by atoms with Gasteiger partial charge in [-0.15, -0.1) is 0 Å². The Morgan fingerprint density at radius 2 is 1.74 bits per heavy atom. The molecule has 0 aliphatic heterocycles. The van der Waals surface area contributed by atoms with Crippen molar-refractivity contribution in [3.05, 3.63) is 0 Å². The van der Waals surface area contributed by atoms with Crippen molar-refractivity contribution in [2.75, 3.05) is 26.9 Å². The number of hydrogen-bond acceptors (Lipinski definition) is 6. The first-order valence-electron chi connectivity index (χ1n) is 7.01. The summed E-state index contributed by atoms with van der Waals surface area (Å²) in [5.41, 5.74) is 0. The standard InChI is InChI=1S/C13H29NO5/c1-6-10-17-14(19-12(3)4)18-11-8-9-13(15-5)16-7-2/h12-13H,6-11H2,1-5H3. The minimum Gasteiger partial charge on any atom is -0.356 e. The number of nitrogens with zero attached hydrogens (tertiary/aromatic N) is 1. The summed E-state index contributed by atoms with van der Waals surface area (Å²) in [6, 6.07) is 0. The number of hydrogen-bond donors (Lipinski definition) is 0. The second-order valence-electron chi connectivity index (χ2n) is 4.31. The number of rotatable bonds is 13. The molecule has 0 radical (unpaired) electrons. The van der Waals surface area contributed by atoms with E-state index in [0.717, 1.165) is 24.7 Å². The highest BCUT2D eigenvalue weighted by atomic mass is 17.2. The maximum atomic E-state index is 5.41. The Kier molecular flexibility index (Phi) is 12.6. The smallest absolute Gasteiger partial charge is 0.157 e. The molecule has 0 saturated carbocycles. The molecule has 6 nitrogen and oxygen atoms in total. The SMILES string of the molecule is CCCON(OCCCC(OC)OCC)OC(C)C. The summed E-state index contributed by atoms with van der Waals surface area (Å²) >= 11 is 0. The van der Waals surface area contributed by atoms with Gasteiger partial charge in [-0.2, -0.15) is 0 Å². The minimum absolute atomic E-state index is 0.00649. The predicted octanol–water partition coefficient (Wildman–Crippen LogP) is 2.69. The normalized spacial score (nSPS) is 13.4. The van der Waals surface area contributed by atoms with Gasteiger partial charge in [-0.05, 0) is 33.6 Å². The summed E-state index contributed by atoms with van der Waals surface area (Å²) in [7, 11) is 1.64. The summed E-state index contributed by atoms with van der Waals surface area (Å²) in [6.07, 6.45) is 2.30. The highest BCUT2D eigenvalue weighted by Gasteiger charge is 2.11. The van der Waals surface area contributed by atoms with E-state index < -0.39 is 0 Å². The third kappa shape index (κ3) is 11.3. The Morgan fingerprint density at radius 3 is 2.26 bits per heavy atom. The summed E-state index contributed by atoms with van der Waals surface area (Å²) in [4.78, 5) is 16.1. The quantitative estimate of drug-likeness (QED) is 0.293. The van der Waals surface area contributed by atoms with E-state index in [9.17, 15) is 0 Å². The lowest BCUT2D eigenvalue weighted by atomic mass is 10.3. The van der Waals surface area contributed by atoms with Crippen LogP contribution in [0.2, 0.25) is 0 Å². The monoisotopic (exact) mass is 279 g/mol. The van der Waals surface area contributed by atoms with E-state index in [1.807, 2.05) is 27.7 Å². The van der Waals surface area contributed by atoms with Gasteiger partial charge in [0.25, 0.3) is 0 Å². The Bertz CT molecular complexity index is 192. The fourth-order valence-electron chi connectivity index (χ4n) is 1.28. The van der Waals surface area contributed by atoms with E-state index >= 15 is 0 Å². The van der Waals surface area contributed by atoms with Crippen LogP contribution in [0, 0.1) is 0 Å². The minimum atomic E-state index is -0.176. The lowest BCUT2D eigenvalue weighted by Crippen LogP contribution is -2.29. The van der Waals surface area contributed by atoms with Crippen LogP contribution in [-0.2, 0) is 24.0 Å². The number of methoxy groups -OCH3 is 1. The van der Waals surface area contributed by atoms with Crippen molar-refractivity contribution in [2.45, 2.75) is 59.4 Å². The van der Waals surface area contributed by atoms with Gasteiger partial charge in [0, 0.05) is 20.1 Å². The van der Waals surface area contributed by atoms with Crippen molar-refractivity contribution in [2.24, 2.45) is 0 Å². The molecule has 0 rings (SSSR count). The fraction of sp³-hybridized carbons (Fsp3) is 1.00. The van der Waals surface area contributed by atoms with Gasteiger partial charge in [0.2, 0.25) is 0 Å². The Labute approximate surface area is 116 Å². The van der Waals surface area contributed by atoms with Gasteiger partial charge in [0.15, 0.2) is 6.29 Å². The fourth-order valence-corrected chi connectivity index (χ4v) is 1.28. The zero-order valence-corrected chi connectivity index (χ0v) is 12.9. The van der Waals surface area contributed by atoms with Crippen LogP contribution in [0.15, 0.2) is 0 Å². The third-order valence-electron chi connectivity index (χ3n) is 2.09. The molecule has 0 fully saturated rings.